The molecule has 2 heterocycles. The van der Waals surface area contributed by atoms with Crippen molar-refractivity contribution in [1.82, 2.24) is 15.5 Å². The summed E-state index contributed by atoms with van der Waals surface area (Å²) in [5.74, 6) is -0.435. The molecular weight excluding hydrogens is 649 g/mol. The fourth-order valence-electron chi connectivity index (χ4n) is 6.29. The first-order valence-corrected chi connectivity index (χ1v) is 16.5. The Balaban J connectivity index is 1.09. The van der Waals surface area contributed by atoms with Crippen molar-refractivity contribution in [1.29, 1.82) is 0 Å². The number of phenols is 2. The molecule has 0 saturated carbocycles. The minimum atomic E-state index is -0.799. The highest BCUT2D eigenvalue weighted by Crippen LogP contribution is 2.36. The molecule has 1 saturated heterocycles. The molecule has 0 radical (unpaired) electrons. The lowest BCUT2D eigenvalue weighted by Gasteiger charge is -2.29. The summed E-state index contributed by atoms with van der Waals surface area (Å²) in [7, 11) is 0. The van der Waals surface area contributed by atoms with Crippen molar-refractivity contribution in [2.24, 2.45) is 0 Å². The monoisotopic (exact) mass is 683 g/mol. The highest BCUT2D eigenvalue weighted by Gasteiger charge is 2.40. The smallest absolute Gasteiger partial charge is 0.255 e. The van der Waals surface area contributed by atoms with Crippen molar-refractivity contribution < 1.29 is 33.7 Å². The molecule has 4 aromatic rings. The Morgan fingerprint density at radius 3 is 2.16 bits per heavy atom. The number of hydrogen-bond donors (Lipinski definition) is 4. The Morgan fingerprint density at radius 2 is 1.53 bits per heavy atom. The number of benzene rings is 4. The van der Waals surface area contributed by atoms with E-state index in [1.165, 1.54) is 4.90 Å². The first-order valence-electron chi connectivity index (χ1n) is 16.0. The number of phenolic OH excluding ortho intramolecular Hbond substituents is 2. The third kappa shape index (κ3) is 7.45. The number of allylic oxidation sites excluding steroid dienone is 1. The summed E-state index contributed by atoms with van der Waals surface area (Å²) < 4.78 is 21.4. The molecule has 252 valence electrons. The van der Waals surface area contributed by atoms with Crippen molar-refractivity contribution in [3.05, 3.63) is 124 Å². The summed E-state index contributed by atoms with van der Waals surface area (Å²) in [4.78, 5) is 38.1. The van der Waals surface area contributed by atoms with Crippen molar-refractivity contribution in [2.45, 2.75) is 38.4 Å². The van der Waals surface area contributed by atoms with E-state index >= 15 is 4.39 Å². The maximum atomic E-state index is 15.5. The van der Waals surface area contributed by atoms with Crippen LogP contribution in [-0.2, 0) is 22.7 Å². The Labute approximate surface area is 288 Å². The van der Waals surface area contributed by atoms with Crippen LogP contribution in [0, 0.1) is 5.82 Å². The molecule has 2 aliphatic rings. The number of carbonyl (C=O) groups excluding carboxylic acids is 3. The summed E-state index contributed by atoms with van der Waals surface area (Å²) in [5.41, 5.74) is 5.57. The van der Waals surface area contributed by atoms with Crippen LogP contribution in [0.2, 0.25) is 0 Å². The number of carbonyl (C=O) groups is 3. The first-order chi connectivity index (χ1) is 23.7. The third-order valence-electron chi connectivity index (χ3n) is 8.75. The van der Waals surface area contributed by atoms with Gasteiger partial charge in [0, 0.05) is 42.1 Å². The fraction of sp³-hybridized carbons (Fsp3) is 0.237. The molecule has 0 bridgehead atoms. The van der Waals surface area contributed by atoms with Gasteiger partial charge in [-0.15, -0.1) is 11.6 Å². The second-order valence-corrected chi connectivity index (χ2v) is 12.3. The summed E-state index contributed by atoms with van der Waals surface area (Å²) in [6.07, 6.45) is 0.925. The van der Waals surface area contributed by atoms with Crippen LogP contribution in [0.15, 0.2) is 84.9 Å². The number of piperidine rings is 1. The Morgan fingerprint density at radius 1 is 0.898 bits per heavy atom. The second kappa shape index (κ2) is 14.9. The van der Waals surface area contributed by atoms with Crippen LogP contribution in [0.25, 0.3) is 11.1 Å². The van der Waals surface area contributed by atoms with Gasteiger partial charge in [-0.2, -0.15) is 0 Å². The highest BCUT2D eigenvalue weighted by atomic mass is 35.5. The van der Waals surface area contributed by atoms with Crippen LogP contribution >= 0.6 is 11.6 Å². The van der Waals surface area contributed by atoms with Gasteiger partial charge in [-0.3, -0.25) is 19.7 Å². The van der Waals surface area contributed by atoms with Gasteiger partial charge in [0.25, 0.3) is 5.91 Å². The molecule has 1 fully saturated rings. The molecule has 1 unspecified atom stereocenters. The van der Waals surface area contributed by atoms with Crippen LogP contribution < -0.4 is 15.4 Å². The van der Waals surface area contributed by atoms with Crippen molar-refractivity contribution in [3.8, 4) is 17.2 Å². The molecule has 2 aliphatic heterocycles. The number of alkyl halides is 1. The van der Waals surface area contributed by atoms with Gasteiger partial charge in [0.05, 0.1) is 6.54 Å². The molecule has 3 amide bonds. The zero-order valence-corrected chi connectivity index (χ0v) is 27.3. The molecule has 49 heavy (non-hydrogen) atoms. The molecule has 0 aliphatic carbocycles. The number of ether oxygens (including phenoxy) is 1. The number of nitrogens with zero attached hydrogens (tertiary/aromatic N) is 1. The SMILES string of the molecule is O=C1CCC(N2Cc3c(ccc(CNCCOc4ccc(/C(=C(\CCCl)c5ccc(O)cc5)c5ccc(O)cc5)cc4)c3F)C2=O)C(=O)N1. The van der Waals surface area contributed by atoms with E-state index in [9.17, 15) is 24.6 Å². The topological polar surface area (TPSA) is 128 Å². The number of fused-ring (bicyclic) bond motifs is 1. The Hall–Kier alpha value is -5.19. The van der Waals surface area contributed by atoms with E-state index in [0.717, 1.165) is 27.8 Å². The predicted octanol–water partition coefficient (Wildman–Crippen LogP) is 5.75. The highest BCUT2D eigenvalue weighted by molar-refractivity contribution is 6.18. The lowest BCUT2D eigenvalue weighted by molar-refractivity contribution is -0.136. The summed E-state index contributed by atoms with van der Waals surface area (Å²) >= 11 is 6.24. The molecule has 0 aromatic heterocycles. The minimum Gasteiger partial charge on any atom is -0.508 e. The maximum absolute atomic E-state index is 15.5. The quantitative estimate of drug-likeness (QED) is 0.0648. The number of halogens is 2. The molecular formula is C38H35ClFN3O6. The van der Waals surface area contributed by atoms with Crippen LogP contribution in [-0.4, -0.2) is 57.9 Å². The molecule has 4 N–H and O–H groups in total. The van der Waals surface area contributed by atoms with E-state index in [-0.39, 0.29) is 54.5 Å². The molecule has 11 heteroatoms. The maximum Gasteiger partial charge on any atom is 0.255 e. The van der Waals surface area contributed by atoms with Gasteiger partial charge < -0.3 is 25.2 Å². The van der Waals surface area contributed by atoms with Crippen LogP contribution in [0.4, 0.5) is 4.39 Å². The average Bonchev–Trinajstić information content (AvgIpc) is 3.43. The number of imide groups is 1. The van der Waals surface area contributed by atoms with Gasteiger partial charge in [-0.25, -0.2) is 4.39 Å². The zero-order chi connectivity index (χ0) is 34.5. The number of hydrogen-bond acceptors (Lipinski definition) is 7. The van der Waals surface area contributed by atoms with Crippen molar-refractivity contribution in [2.75, 3.05) is 19.0 Å². The summed E-state index contributed by atoms with van der Waals surface area (Å²) in [6.45, 7) is 0.943. The lowest BCUT2D eigenvalue weighted by atomic mass is 9.88. The Kier molecular flexibility index (Phi) is 10.3. The molecule has 4 aromatic carbocycles. The number of aromatic hydroxyl groups is 2. The van der Waals surface area contributed by atoms with Crippen LogP contribution in [0.1, 0.15) is 57.4 Å². The van der Waals surface area contributed by atoms with E-state index < -0.39 is 23.7 Å². The van der Waals surface area contributed by atoms with Crippen LogP contribution in [0.3, 0.4) is 0 Å². The van der Waals surface area contributed by atoms with Gasteiger partial charge in [-0.1, -0.05) is 42.5 Å². The van der Waals surface area contributed by atoms with E-state index in [1.54, 1.807) is 36.4 Å². The van der Waals surface area contributed by atoms with Gasteiger partial charge in [0.1, 0.15) is 35.7 Å². The first kappa shape index (κ1) is 33.7. The van der Waals surface area contributed by atoms with E-state index in [1.807, 2.05) is 48.5 Å². The van der Waals surface area contributed by atoms with Crippen molar-refractivity contribution in [3.63, 3.8) is 0 Å². The lowest BCUT2D eigenvalue weighted by Crippen LogP contribution is -2.52. The largest absolute Gasteiger partial charge is 0.508 e. The Bertz CT molecular complexity index is 1890. The van der Waals surface area contributed by atoms with Gasteiger partial charge >= 0.3 is 0 Å². The number of nitrogens with one attached hydrogen (secondary N) is 2. The van der Waals surface area contributed by atoms with Crippen LogP contribution in [0.5, 0.6) is 17.2 Å². The number of amides is 3. The van der Waals surface area contributed by atoms with E-state index in [4.69, 9.17) is 16.3 Å². The van der Waals surface area contributed by atoms with Gasteiger partial charge in [0.15, 0.2) is 0 Å². The molecule has 6 rings (SSSR count). The minimum absolute atomic E-state index is 0.0226. The number of rotatable bonds is 12. The normalized spacial score (nSPS) is 16.3. The molecule has 9 nitrogen and oxygen atoms in total. The predicted molar refractivity (Wildman–Crippen MR) is 184 cm³/mol. The third-order valence-corrected chi connectivity index (χ3v) is 8.94. The second-order valence-electron chi connectivity index (χ2n) is 11.9. The average molecular weight is 684 g/mol. The standard InChI is InChI=1S/C38H35ClFN3O6/c39-18-17-30(23-1-8-27(44)9-2-23)35(24-3-10-28(45)11-4-24)25-5-12-29(13-6-25)49-20-19-41-21-26-7-14-31-32(36(26)40)22-43(38(31)48)33-15-16-34(46)42-37(33)47/h1-14,33,41,44-45H,15-22H2,(H,42,46,47)/b35-30+. The van der Waals surface area contributed by atoms with Gasteiger partial charge in [0.2, 0.25) is 11.8 Å². The summed E-state index contributed by atoms with van der Waals surface area (Å²) in [5, 5.41) is 25.2. The van der Waals surface area contributed by atoms with Gasteiger partial charge in [-0.05, 0) is 83.1 Å². The molecule has 1 atom stereocenters. The van der Waals surface area contributed by atoms with E-state index in [0.29, 0.717) is 36.8 Å². The molecule has 0 spiro atoms. The summed E-state index contributed by atoms with van der Waals surface area (Å²) in [6, 6.07) is 24.0. The van der Waals surface area contributed by atoms with Crippen molar-refractivity contribution >= 4 is 40.5 Å². The fourth-order valence-corrected chi connectivity index (χ4v) is 6.47. The van der Waals surface area contributed by atoms with E-state index in [2.05, 4.69) is 10.6 Å². The zero-order valence-electron chi connectivity index (χ0n) is 26.5.